The first kappa shape index (κ1) is 21.1. The molecule has 2 radical (unpaired) electrons. The normalized spacial score (nSPS) is 11.0. The molecule has 5 heteroatoms. The second kappa shape index (κ2) is 10.3. The van der Waals surface area contributed by atoms with Crippen LogP contribution in [0.1, 0.15) is 0 Å². The van der Waals surface area contributed by atoms with Gasteiger partial charge in [-0.25, -0.2) is 0 Å². The van der Waals surface area contributed by atoms with E-state index in [-0.39, 0.29) is 0 Å². The highest BCUT2D eigenvalue weighted by Gasteiger charge is 2.28. The van der Waals surface area contributed by atoms with Crippen LogP contribution in [-0.4, -0.2) is 32.3 Å². The van der Waals surface area contributed by atoms with Gasteiger partial charge in [-0.15, -0.1) is 0 Å². The Kier molecular flexibility index (Phi) is 6.99. The summed E-state index contributed by atoms with van der Waals surface area (Å²) in [6, 6.07) is 37.5. The lowest BCUT2D eigenvalue weighted by Crippen LogP contribution is -2.55. The summed E-state index contributed by atoms with van der Waals surface area (Å²) in [6.07, 6.45) is 0. The van der Waals surface area contributed by atoms with Gasteiger partial charge >= 0.3 is 0 Å². The van der Waals surface area contributed by atoms with Crippen molar-refractivity contribution < 1.29 is 13.6 Å². The Hall–Kier alpha value is -3.13. The topological polar surface area (TPSA) is 27.7 Å². The van der Waals surface area contributed by atoms with E-state index in [4.69, 9.17) is 13.6 Å². The van der Waals surface area contributed by atoms with Crippen LogP contribution < -0.4 is 30.2 Å². The number of rotatable bonds is 8. The van der Waals surface area contributed by atoms with Crippen LogP contribution in [0, 0.1) is 0 Å². The van der Waals surface area contributed by atoms with Crippen LogP contribution >= 0.6 is 0 Å². The molecular formula is C26H24O3Si2. The molecule has 154 valence electrons. The molecule has 4 aromatic carbocycles. The quantitative estimate of drug-likeness (QED) is 0.394. The molecule has 0 aliphatic carbocycles. The van der Waals surface area contributed by atoms with Gasteiger partial charge in [0.05, 0.1) is 14.2 Å². The van der Waals surface area contributed by atoms with Crippen molar-refractivity contribution in [1.82, 2.24) is 0 Å². The smallest absolute Gasteiger partial charge is 0.272 e. The summed E-state index contributed by atoms with van der Waals surface area (Å²) in [5, 5.41) is 4.75. The van der Waals surface area contributed by atoms with Crippen molar-refractivity contribution in [2.24, 2.45) is 0 Å². The van der Waals surface area contributed by atoms with Crippen molar-refractivity contribution in [2.75, 3.05) is 14.2 Å². The molecule has 0 saturated heterocycles. The lowest BCUT2D eigenvalue weighted by molar-refractivity contribution is 0.415. The number of hydrogen-bond acceptors (Lipinski definition) is 3. The molecule has 4 aromatic rings. The van der Waals surface area contributed by atoms with Crippen molar-refractivity contribution in [3.63, 3.8) is 0 Å². The van der Waals surface area contributed by atoms with Crippen molar-refractivity contribution in [3.05, 3.63) is 109 Å². The maximum absolute atomic E-state index is 7.09. The van der Waals surface area contributed by atoms with E-state index in [9.17, 15) is 0 Å². The molecule has 0 bridgehead atoms. The fourth-order valence-electron chi connectivity index (χ4n) is 3.38. The van der Waals surface area contributed by atoms with E-state index >= 15 is 0 Å². The van der Waals surface area contributed by atoms with Crippen molar-refractivity contribution >= 4 is 38.8 Å². The maximum atomic E-state index is 7.09. The maximum Gasteiger partial charge on any atom is 0.272 e. The summed E-state index contributed by atoms with van der Waals surface area (Å²) in [5.41, 5.74) is 0. The van der Waals surface area contributed by atoms with Crippen LogP contribution in [-0.2, 0) is 4.12 Å². The number of benzene rings is 4. The highest BCUT2D eigenvalue weighted by atomic mass is 28.4. The van der Waals surface area contributed by atoms with E-state index in [0.29, 0.717) is 0 Å². The molecule has 0 aliphatic rings. The first-order chi connectivity index (χ1) is 15.3. The first-order valence-electron chi connectivity index (χ1n) is 10.1. The summed E-state index contributed by atoms with van der Waals surface area (Å²) in [7, 11) is 0.359. The fraction of sp³-hybridized carbons (Fsp3) is 0.0769. The lowest BCUT2D eigenvalue weighted by atomic mass is 10.3. The van der Waals surface area contributed by atoms with Gasteiger partial charge in [0.15, 0.2) is 0 Å². The predicted octanol–water partition coefficient (Wildman–Crippen LogP) is 2.63. The van der Waals surface area contributed by atoms with E-state index in [1.165, 1.54) is 10.4 Å². The van der Waals surface area contributed by atoms with Gasteiger partial charge in [-0.2, -0.15) is 0 Å². The Morgan fingerprint density at radius 2 is 0.839 bits per heavy atom. The van der Waals surface area contributed by atoms with Crippen LogP contribution in [0.25, 0.3) is 0 Å². The minimum Gasteiger partial charge on any atom is -0.497 e. The van der Waals surface area contributed by atoms with Gasteiger partial charge in [-0.05, 0) is 45.0 Å². The second-order valence-electron chi connectivity index (χ2n) is 6.96. The predicted molar refractivity (Wildman–Crippen MR) is 130 cm³/mol. The zero-order chi connectivity index (χ0) is 21.5. The van der Waals surface area contributed by atoms with E-state index in [2.05, 4.69) is 72.8 Å². The van der Waals surface area contributed by atoms with Gasteiger partial charge in [-0.3, -0.25) is 0 Å². The standard InChI is InChI=1S/C26H24O3Si2/c1-27-21-11-9-17-25(19-21)30(23-13-5-3-6-14-23)29-31(24-15-7-4-8-16-24)26-18-10-12-22(20-26)28-2/h3-20H,1-2H3. The molecule has 4 rings (SSSR count). The molecule has 0 heterocycles. The largest absolute Gasteiger partial charge is 0.497 e. The van der Waals surface area contributed by atoms with Gasteiger partial charge in [-0.1, -0.05) is 84.9 Å². The zero-order valence-corrected chi connectivity index (χ0v) is 19.6. The molecule has 0 aliphatic heterocycles. The average molecular weight is 441 g/mol. The van der Waals surface area contributed by atoms with Gasteiger partial charge in [0.2, 0.25) is 0 Å². The molecule has 3 nitrogen and oxygen atoms in total. The van der Waals surface area contributed by atoms with Crippen molar-refractivity contribution in [3.8, 4) is 11.5 Å². The highest BCUT2D eigenvalue weighted by Crippen LogP contribution is 2.10. The Balaban J connectivity index is 1.80. The lowest BCUT2D eigenvalue weighted by Gasteiger charge is -2.24. The average Bonchev–Trinajstić information content (AvgIpc) is 2.86. The molecule has 31 heavy (non-hydrogen) atoms. The van der Waals surface area contributed by atoms with Crippen molar-refractivity contribution in [1.29, 1.82) is 0 Å². The van der Waals surface area contributed by atoms with E-state index in [1.807, 2.05) is 36.4 Å². The molecule has 0 fully saturated rings. The minimum absolute atomic E-state index is 0.842. The number of hydrogen-bond donors (Lipinski definition) is 0. The SMILES string of the molecule is COc1cccc([Si](O[Si](c2ccccc2)c2cccc(OC)c2)c2ccccc2)c1. The molecule has 0 saturated carbocycles. The summed E-state index contributed by atoms with van der Waals surface area (Å²) in [6.45, 7) is 0. The molecule has 0 atom stereocenters. The monoisotopic (exact) mass is 440 g/mol. The number of ether oxygens (including phenoxy) is 2. The summed E-state index contributed by atoms with van der Waals surface area (Å²) in [5.74, 6) is 1.68. The molecular weight excluding hydrogens is 416 g/mol. The number of methoxy groups -OCH3 is 2. The summed E-state index contributed by atoms with van der Waals surface area (Å²) in [4.78, 5) is 0. The Morgan fingerprint density at radius 1 is 0.452 bits per heavy atom. The third-order valence-electron chi connectivity index (χ3n) is 4.94. The first-order valence-corrected chi connectivity index (χ1v) is 12.9. The van der Waals surface area contributed by atoms with Crippen molar-refractivity contribution in [2.45, 2.75) is 0 Å². The van der Waals surface area contributed by atoms with E-state index in [0.717, 1.165) is 21.9 Å². The second-order valence-corrected chi connectivity index (χ2v) is 11.4. The van der Waals surface area contributed by atoms with Gasteiger partial charge in [0.25, 0.3) is 18.1 Å². The summed E-state index contributed by atoms with van der Waals surface area (Å²) >= 11 is 0. The van der Waals surface area contributed by atoms with Gasteiger partial charge in [0.1, 0.15) is 11.5 Å². The van der Waals surface area contributed by atoms with Crippen LogP contribution in [0.2, 0.25) is 0 Å². The van der Waals surface area contributed by atoms with Crippen LogP contribution in [0.5, 0.6) is 11.5 Å². The molecule has 0 amide bonds. The van der Waals surface area contributed by atoms with Crippen LogP contribution in [0.4, 0.5) is 0 Å². The van der Waals surface area contributed by atoms with Crippen LogP contribution in [0.3, 0.4) is 0 Å². The van der Waals surface area contributed by atoms with E-state index in [1.54, 1.807) is 14.2 Å². The third kappa shape index (κ3) is 5.14. The van der Waals surface area contributed by atoms with Crippen LogP contribution in [0.15, 0.2) is 109 Å². The molecule has 0 spiro atoms. The minimum atomic E-state index is -1.52. The molecule has 0 unspecified atom stereocenters. The Bertz CT molecular complexity index is 1010. The summed E-state index contributed by atoms with van der Waals surface area (Å²) < 4.78 is 18.1. The highest BCUT2D eigenvalue weighted by molar-refractivity contribution is 6.91. The zero-order valence-electron chi connectivity index (χ0n) is 17.6. The third-order valence-corrected chi connectivity index (χ3v) is 9.96. The van der Waals surface area contributed by atoms with Gasteiger partial charge in [0, 0.05) is 0 Å². The van der Waals surface area contributed by atoms with E-state index < -0.39 is 18.1 Å². The molecule has 0 N–H and O–H groups in total. The molecule has 0 aromatic heterocycles. The fourth-order valence-corrected chi connectivity index (χ4v) is 8.78. The Morgan fingerprint density at radius 3 is 1.23 bits per heavy atom. The van der Waals surface area contributed by atoms with Gasteiger partial charge < -0.3 is 13.6 Å². The Labute approximate surface area is 187 Å².